The van der Waals surface area contributed by atoms with Crippen LogP contribution in [0, 0.1) is 0 Å². The van der Waals surface area contributed by atoms with Crippen molar-refractivity contribution in [3.05, 3.63) is 47.3 Å². The lowest BCUT2D eigenvalue weighted by molar-refractivity contribution is -0.115. The second kappa shape index (κ2) is 7.77. The van der Waals surface area contributed by atoms with E-state index in [1.165, 1.54) is 11.3 Å². The van der Waals surface area contributed by atoms with E-state index in [1.807, 2.05) is 41.8 Å². The highest BCUT2D eigenvalue weighted by Gasteiger charge is 2.16. The number of fused-ring (bicyclic) bond motifs is 1. The number of rotatable bonds is 6. The van der Waals surface area contributed by atoms with Crippen LogP contribution in [0.2, 0.25) is 0 Å². The maximum Gasteiger partial charge on any atom is 0.231 e. The monoisotopic (exact) mass is 398 g/mol. The predicted molar refractivity (Wildman–Crippen MR) is 106 cm³/mol. The zero-order chi connectivity index (χ0) is 19.5. The molecule has 0 unspecified atom stereocenters. The van der Waals surface area contributed by atoms with Crippen LogP contribution >= 0.6 is 11.3 Å². The Balaban J connectivity index is 1.47. The SMILES string of the molecule is COc1ccc(OC)c(-c2csc(NC(=O)Cc3ccc4c(c3)OCO4)n2)c1. The topological polar surface area (TPSA) is 78.9 Å². The third kappa shape index (κ3) is 3.72. The van der Waals surface area contributed by atoms with E-state index in [-0.39, 0.29) is 19.1 Å². The molecule has 4 rings (SSSR count). The van der Waals surface area contributed by atoms with E-state index in [1.54, 1.807) is 14.2 Å². The zero-order valence-corrected chi connectivity index (χ0v) is 16.2. The first kappa shape index (κ1) is 18.1. The number of hydrogen-bond donors (Lipinski definition) is 1. The van der Waals surface area contributed by atoms with Crippen LogP contribution in [0.15, 0.2) is 41.8 Å². The molecular weight excluding hydrogens is 380 g/mol. The molecule has 0 bridgehead atoms. The number of aromatic nitrogens is 1. The number of methoxy groups -OCH3 is 2. The van der Waals surface area contributed by atoms with Crippen molar-refractivity contribution in [1.82, 2.24) is 4.98 Å². The highest BCUT2D eigenvalue weighted by atomic mass is 32.1. The van der Waals surface area contributed by atoms with Gasteiger partial charge in [-0.05, 0) is 35.9 Å². The fourth-order valence-electron chi connectivity index (χ4n) is 2.87. The van der Waals surface area contributed by atoms with Crippen molar-refractivity contribution in [3.63, 3.8) is 0 Å². The molecule has 8 heteroatoms. The largest absolute Gasteiger partial charge is 0.497 e. The number of nitrogens with one attached hydrogen (secondary N) is 1. The summed E-state index contributed by atoms with van der Waals surface area (Å²) in [5, 5.41) is 5.23. The molecule has 0 atom stereocenters. The Bertz CT molecular complexity index is 1020. The van der Waals surface area contributed by atoms with Gasteiger partial charge in [0.05, 0.1) is 26.3 Å². The smallest absolute Gasteiger partial charge is 0.231 e. The van der Waals surface area contributed by atoms with E-state index in [9.17, 15) is 4.79 Å². The van der Waals surface area contributed by atoms with Crippen LogP contribution in [0.25, 0.3) is 11.3 Å². The van der Waals surface area contributed by atoms with E-state index in [0.29, 0.717) is 33.8 Å². The van der Waals surface area contributed by atoms with Crippen LogP contribution in [-0.4, -0.2) is 31.9 Å². The summed E-state index contributed by atoms with van der Waals surface area (Å²) in [6, 6.07) is 11.0. The Kier molecular flexibility index (Phi) is 5.03. The third-order valence-corrected chi connectivity index (χ3v) is 4.99. The van der Waals surface area contributed by atoms with Gasteiger partial charge in [0.25, 0.3) is 0 Å². The van der Waals surface area contributed by atoms with Gasteiger partial charge in [-0.1, -0.05) is 6.07 Å². The lowest BCUT2D eigenvalue weighted by Gasteiger charge is -2.08. The minimum Gasteiger partial charge on any atom is -0.497 e. The van der Waals surface area contributed by atoms with Crippen LogP contribution < -0.4 is 24.3 Å². The number of amides is 1. The minimum absolute atomic E-state index is 0.155. The molecule has 0 aliphatic carbocycles. The molecule has 1 aliphatic rings. The first-order valence-electron chi connectivity index (χ1n) is 8.52. The Morgan fingerprint density at radius 1 is 1.14 bits per heavy atom. The molecule has 144 valence electrons. The molecule has 0 radical (unpaired) electrons. The Morgan fingerprint density at radius 2 is 2.00 bits per heavy atom. The molecule has 0 saturated heterocycles. The summed E-state index contributed by atoms with van der Waals surface area (Å²) in [7, 11) is 3.21. The van der Waals surface area contributed by atoms with Gasteiger partial charge in [-0.15, -0.1) is 11.3 Å². The normalized spacial score (nSPS) is 11.9. The van der Waals surface area contributed by atoms with E-state index in [0.717, 1.165) is 11.1 Å². The minimum atomic E-state index is -0.155. The van der Waals surface area contributed by atoms with Gasteiger partial charge in [0.1, 0.15) is 11.5 Å². The van der Waals surface area contributed by atoms with E-state index in [4.69, 9.17) is 18.9 Å². The number of thiazole rings is 1. The van der Waals surface area contributed by atoms with Gasteiger partial charge < -0.3 is 24.3 Å². The number of hydrogen-bond acceptors (Lipinski definition) is 7. The van der Waals surface area contributed by atoms with Crippen LogP contribution in [0.1, 0.15) is 5.56 Å². The Hall–Kier alpha value is -3.26. The maximum absolute atomic E-state index is 12.4. The molecule has 2 heterocycles. The average molecular weight is 398 g/mol. The van der Waals surface area contributed by atoms with Gasteiger partial charge in [-0.25, -0.2) is 4.98 Å². The third-order valence-electron chi connectivity index (χ3n) is 4.23. The quantitative estimate of drug-likeness (QED) is 0.682. The summed E-state index contributed by atoms with van der Waals surface area (Å²) in [6.07, 6.45) is 0.216. The fraction of sp³-hybridized carbons (Fsp3) is 0.200. The second-order valence-corrected chi connectivity index (χ2v) is 6.87. The molecule has 28 heavy (non-hydrogen) atoms. The van der Waals surface area contributed by atoms with Crippen LogP contribution in [0.4, 0.5) is 5.13 Å². The fourth-order valence-corrected chi connectivity index (χ4v) is 3.60. The standard InChI is InChI=1S/C20H18N2O5S/c1-24-13-4-6-16(25-2)14(9-13)15-10-28-20(21-15)22-19(23)8-12-3-5-17-18(7-12)27-11-26-17/h3-7,9-10H,8,11H2,1-2H3,(H,21,22,23). The molecule has 2 aromatic carbocycles. The van der Waals surface area contributed by atoms with Gasteiger partial charge in [0.15, 0.2) is 16.6 Å². The Morgan fingerprint density at radius 3 is 2.82 bits per heavy atom. The number of nitrogens with zero attached hydrogens (tertiary/aromatic N) is 1. The molecule has 0 saturated carbocycles. The number of ether oxygens (including phenoxy) is 4. The summed E-state index contributed by atoms with van der Waals surface area (Å²) in [5.41, 5.74) is 2.35. The predicted octanol–water partition coefficient (Wildman–Crippen LogP) is 3.74. The van der Waals surface area contributed by atoms with E-state index in [2.05, 4.69) is 10.3 Å². The second-order valence-electron chi connectivity index (χ2n) is 6.02. The molecule has 0 fully saturated rings. The van der Waals surface area contributed by atoms with Crippen molar-refractivity contribution in [2.24, 2.45) is 0 Å². The average Bonchev–Trinajstić information content (AvgIpc) is 3.36. The summed E-state index contributed by atoms with van der Waals surface area (Å²) in [4.78, 5) is 16.9. The lowest BCUT2D eigenvalue weighted by Crippen LogP contribution is -2.14. The van der Waals surface area contributed by atoms with Crippen molar-refractivity contribution in [1.29, 1.82) is 0 Å². The van der Waals surface area contributed by atoms with E-state index >= 15 is 0 Å². The van der Waals surface area contributed by atoms with E-state index < -0.39 is 0 Å². The Labute approximate surface area is 165 Å². The number of carbonyl (C=O) groups is 1. The number of carbonyl (C=O) groups excluding carboxylic acids is 1. The molecule has 1 aromatic heterocycles. The van der Waals surface area contributed by atoms with Gasteiger partial charge in [-0.3, -0.25) is 4.79 Å². The van der Waals surface area contributed by atoms with Crippen molar-refractivity contribution >= 4 is 22.4 Å². The highest BCUT2D eigenvalue weighted by Crippen LogP contribution is 2.35. The van der Waals surface area contributed by atoms with Gasteiger partial charge >= 0.3 is 0 Å². The molecule has 3 aromatic rings. The van der Waals surface area contributed by atoms with Crippen LogP contribution in [-0.2, 0) is 11.2 Å². The summed E-state index contributed by atoms with van der Waals surface area (Å²) < 4.78 is 21.3. The highest BCUT2D eigenvalue weighted by molar-refractivity contribution is 7.14. The maximum atomic E-state index is 12.4. The van der Waals surface area contributed by atoms with Gasteiger partial charge in [-0.2, -0.15) is 0 Å². The van der Waals surface area contributed by atoms with Crippen molar-refractivity contribution in [2.75, 3.05) is 26.3 Å². The summed E-state index contributed by atoms with van der Waals surface area (Å²) >= 11 is 1.35. The number of benzene rings is 2. The molecule has 1 N–H and O–H groups in total. The van der Waals surface area contributed by atoms with Gasteiger partial charge in [0, 0.05) is 10.9 Å². The van der Waals surface area contributed by atoms with Crippen molar-refractivity contribution in [3.8, 4) is 34.3 Å². The molecule has 7 nitrogen and oxygen atoms in total. The first-order chi connectivity index (χ1) is 13.7. The van der Waals surface area contributed by atoms with Crippen LogP contribution in [0.5, 0.6) is 23.0 Å². The summed E-state index contributed by atoms with van der Waals surface area (Å²) in [6.45, 7) is 0.209. The van der Waals surface area contributed by atoms with Gasteiger partial charge in [0.2, 0.25) is 12.7 Å². The van der Waals surface area contributed by atoms with Crippen molar-refractivity contribution in [2.45, 2.75) is 6.42 Å². The lowest BCUT2D eigenvalue weighted by atomic mass is 10.1. The number of anilines is 1. The molecular formula is C20H18N2O5S. The van der Waals surface area contributed by atoms with Crippen LogP contribution in [0.3, 0.4) is 0 Å². The molecule has 1 amide bonds. The van der Waals surface area contributed by atoms with Crippen molar-refractivity contribution < 1.29 is 23.7 Å². The summed E-state index contributed by atoms with van der Waals surface area (Å²) in [5.74, 6) is 2.59. The first-order valence-corrected chi connectivity index (χ1v) is 9.40. The molecule has 1 aliphatic heterocycles. The molecule has 0 spiro atoms. The zero-order valence-electron chi connectivity index (χ0n) is 15.4.